The van der Waals surface area contributed by atoms with Crippen LogP contribution in [0.15, 0.2) is 30.5 Å². The molecule has 3 rings (SSSR count). The quantitative estimate of drug-likeness (QED) is 0.767. The van der Waals surface area contributed by atoms with Crippen molar-refractivity contribution in [3.8, 4) is 17.0 Å². The van der Waals surface area contributed by atoms with E-state index in [9.17, 15) is 4.39 Å². The van der Waals surface area contributed by atoms with Gasteiger partial charge in [-0.05, 0) is 25.1 Å². The Bertz CT molecular complexity index is 752. The summed E-state index contributed by atoms with van der Waals surface area (Å²) in [4.78, 5) is 4.27. The summed E-state index contributed by atoms with van der Waals surface area (Å²) in [6.45, 7) is 1.89. The van der Waals surface area contributed by atoms with Crippen molar-refractivity contribution >= 4 is 10.9 Å². The van der Waals surface area contributed by atoms with Crippen LogP contribution in [0.4, 0.5) is 4.39 Å². The van der Waals surface area contributed by atoms with Crippen LogP contribution in [0.1, 0.15) is 5.69 Å². The number of rotatable bonds is 2. The first-order chi connectivity index (χ1) is 9.20. The van der Waals surface area contributed by atoms with Gasteiger partial charge in [0.05, 0.1) is 35.8 Å². The number of fused-ring (bicyclic) bond motifs is 1. The van der Waals surface area contributed by atoms with E-state index in [0.29, 0.717) is 17.0 Å². The first-order valence-corrected chi connectivity index (χ1v) is 5.84. The van der Waals surface area contributed by atoms with E-state index in [2.05, 4.69) is 15.2 Å². The molecule has 0 saturated heterocycles. The van der Waals surface area contributed by atoms with E-state index in [1.165, 1.54) is 13.2 Å². The first-order valence-electron chi connectivity index (χ1n) is 5.84. The van der Waals surface area contributed by atoms with Gasteiger partial charge in [0.2, 0.25) is 0 Å². The predicted octanol–water partition coefficient (Wildman–Crippen LogP) is 3.08. The van der Waals surface area contributed by atoms with Crippen molar-refractivity contribution in [2.75, 3.05) is 7.11 Å². The van der Waals surface area contributed by atoms with Crippen LogP contribution in [0.3, 0.4) is 0 Å². The number of halogens is 1. The Hall–Kier alpha value is -2.43. The highest BCUT2D eigenvalue weighted by atomic mass is 19.1. The van der Waals surface area contributed by atoms with Crippen LogP contribution in [-0.2, 0) is 0 Å². The fraction of sp³-hybridized carbons (Fsp3) is 0.143. The maximum atomic E-state index is 14.0. The summed E-state index contributed by atoms with van der Waals surface area (Å²) in [6, 6.07) is 6.53. The second-order valence-corrected chi connectivity index (χ2v) is 4.24. The normalized spacial score (nSPS) is 10.9. The number of benzene rings is 1. The number of H-pyrrole nitrogens is 1. The topological polar surface area (TPSA) is 50.8 Å². The zero-order valence-electron chi connectivity index (χ0n) is 10.6. The van der Waals surface area contributed by atoms with Gasteiger partial charge in [0.25, 0.3) is 0 Å². The third kappa shape index (κ3) is 1.83. The number of hydrogen-bond donors (Lipinski definition) is 1. The van der Waals surface area contributed by atoms with Crippen molar-refractivity contribution in [2.45, 2.75) is 6.92 Å². The lowest BCUT2D eigenvalue weighted by atomic mass is 10.1. The number of aryl methyl sites for hydroxylation is 1. The molecule has 0 aliphatic carbocycles. The fourth-order valence-electron chi connectivity index (χ4n) is 2.11. The Kier molecular flexibility index (Phi) is 2.67. The molecule has 1 aromatic carbocycles. The van der Waals surface area contributed by atoms with E-state index in [1.807, 2.05) is 13.0 Å². The molecule has 0 fully saturated rings. The Morgan fingerprint density at radius 1 is 1.32 bits per heavy atom. The molecular formula is C14H12FN3O. The minimum absolute atomic E-state index is 0.354. The predicted molar refractivity (Wildman–Crippen MR) is 70.6 cm³/mol. The number of methoxy groups -OCH3 is 1. The van der Waals surface area contributed by atoms with Gasteiger partial charge >= 0.3 is 0 Å². The van der Waals surface area contributed by atoms with E-state index < -0.39 is 0 Å². The van der Waals surface area contributed by atoms with Crippen LogP contribution >= 0.6 is 0 Å². The lowest BCUT2D eigenvalue weighted by molar-refractivity contribution is 0.413. The van der Waals surface area contributed by atoms with Gasteiger partial charge < -0.3 is 4.74 Å². The number of ether oxygens (including phenoxy) is 1. The molecule has 2 aromatic heterocycles. The molecule has 0 radical (unpaired) electrons. The van der Waals surface area contributed by atoms with Gasteiger partial charge in [-0.1, -0.05) is 6.07 Å². The number of nitrogens with one attached hydrogen (secondary N) is 1. The molecule has 0 amide bonds. The van der Waals surface area contributed by atoms with Crippen molar-refractivity contribution in [1.29, 1.82) is 0 Å². The maximum Gasteiger partial charge on any atom is 0.136 e. The average Bonchev–Trinajstić information content (AvgIpc) is 2.79. The van der Waals surface area contributed by atoms with Gasteiger partial charge in [0.1, 0.15) is 11.6 Å². The molecule has 3 aromatic rings. The van der Waals surface area contributed by atoms with Gasteiger partial charge in [-0.2, -0.15) is 5.10 Å². The minimum atomic E-state index is -0.354. The van der Waals surface area contributed by atoms with Crippen molar-refractivity contribution in [3.63, 3.8) is 0 Å². The summed E-state index contributed by atoms with van der Waals surface area (Å²) in [5.74, 6) is 0.111. The van der Waals surface area contributed by atoms with Crippen molar-refractivity contribution in [1.82, 2.24) is 15.2 Å². The molecule has 0 unspecified atom stereocenters. The SMILES string of the molecule is COc1cccc(F)c1-c1cc2c(C)n[nH]c2cn1. The van der Waals surface area contributed by atoms with Crippen molar-refractivity contribution in [3.05, 3.63) is 42.0 Å². The van der Waals surface area contributed by atoms with Gasteiger partial charge in [-0.25, -0.2) is 4.39 Å². The van der Waals surface area contributed by atoms with Crippen molar-refractivity contribution in [2.24, 2.45) is 0 Å². The van der Waals surface area contributed by atoms with Crippen molar-refractivity contribution < 1.29 is 9.13 Å². The summed E-state index contributed by atoms with van der Waals surface area (Å²) >= 11 is 0. The number of aromatic amines is 1. The first kappa shape index (κ1) is 11.6. The van der Waals surface area contributed by atoms with Crippen LogP contribution in [0.2, 0.25) is 0 Å². The molecule has 96 valence electrons. The summed E-state index contributed by atoms with van der Waals surface area (Å²) in [5.41, 5.74) is 2.59. The third-order valence-electron chi connectivity index (χ3n) is 3.09. The molecule has 0 aliphatic heterocycles. The molecule has 0 aliphatic rings. The molecule has 19 heavy (non-hydrogen) atoms. The summed E-state index contributed by atoms with van der Waals surface area (Å²) in [5, 5.41) is 7.90. The fourth-order valence-corrected chi connectivity index (χ4v) is 2.11. The lowest BCUT2D eigenvalue weighted by Gasteiger charge is -2.08. The van der Waals surface area contributed by atoms with E-state index in [1.54, 1.807) is 18.3 Å². The highest BCUT2D eigenvalue weighted by Gasteiger charge is 2.14. The molecule has 0 atom stereocenters. The van der Waals surface area contributed by atoms with Gasteiger partial charge in [-0.15, -0.1) is 0 Å². The number of pyridine rings is 1. The van der Waals surface area contributed by atoms with Crippen LogP contribution < -0.4 is 4.74 Å². The Morgan fingerprint density at radius 3 is 2.95 bits per heavy atom. The molecular weight excluding hydrogens is 245 g/mol. The Labute approximate surface area is 109 Å². The van der Waals surface area contributed by atoms with Gasteiger partial charge in [0.15, 0.2) is 0 Å². The van der Waals surface area contributed by atoms with Crippen LogP contribution in [0.5, 0.6) is 5.75 Å². The number of aromatic nitrogens is 3. The molecule has 0 bridgehead atoms. The standard InChI is InChI=1S/C14H12FN3O/c1-8-9-6-11(16-7-12(9)18-17-8)14-10(15)4-3-5-13(14)19-2/h3-7H,1-2H3,(H,17,18). The van der Waals surface area contributed by atoms with E-state index in [0.717, 1.165) is 16.6 Å². The average molecular weight is 257 g/mol. The maximum absolute atomic E-state index is 14.0. The summed E-state index contributed by atoms with van der Waals surface area (Å²) in [7, 11) is 1.51. The summed E-state index contributed by atoms with van der Waals surface area (Å²) < 4.78 is 19.2. The van der Waals surface area contributed by atoms with Crippen LogP contribution in [0, 0.1) is 12.7 Å². The van der Waals surface area contributed by atoms with Gasteiger partial charge in [-0.3, -0.25) is 10.1 Å². The number of nitrogens with zero attached hydrogens (tertiary/aromatic N) is 2. The van der Waals surface area contributed by atoms with Crippen LogP contribution in [0.25, 0.3) is 22.2 Å². The zero-order valence-corrected chi connectivity index (χ0v) is 10.6. The van der Waals surface area contributed by atoms with E-state index >= 15 is 0 Å². The Balaban J connectivity index is 2.27. The molecule has 2 heterocycles. The summed E-state index contributed by atoms with van der Waals surface area (Å²) in [6.07, 6.45) is 1.65. The van der Waals surface area contributed by atoms with Gasteiger partial charge in [0, 0.05) is 5.39 Å². The Morgan fingerprint density at radius 2 is 2.16 bits per heavy atom. The zero-order chi connectivity index (χ0) is 13.4. The highest BCUT2D eigenvalue weighted by molar-refractivity contribution is 5.85. The van der Waals surface area contributed by atoms with E-state index in [-0.39, 0.29) is 5.82 Å². The lowest BCUT2D eigenvalue weighted by Crippen LogP contribution is -1.93. The minimum Gasteiger partial charge on any atom is -0.496 e. The largest absolute Gasteiger partial charge is 0.496 e. The highest BCUT2D eigenvalue weighted by Crippen LogP contribution is 2.32. The smallest absolute Gasteiger partial charge is 0.136 e. The molecule has 4 nitrogen and oxygen atoms in total. The molecule has 5 heteroatoms. The molecule has 0 spiro atoms. The second-order valence-electron chi connectivity index (χ2n) is 4.24. The van der Waals surface area contributed by atoms with E-state index in [4.69, 9.17) is 4.74 Å². The monoisotopic (exact) mass is 257 g/mol. The second kappa shape index (κ2) is 4.35. The number of hydrogen-bond acceptors (Lipinski definition) is 3. The van der Waals surface area contributed by atoms with Crippen LogP contribution in [-0.4, -0.2) is 22.3 Å². The third-order valence-corrected chi connectivity index (χ3v) is 3.09. The molecule has 1 N–H and O–H groups in total. The molecule has 0 saturated carbocycles.